The van der Waals surface area contributed by atoms with E-state index in [4.69, 9.17) is 14.2 Å². The summed E-state index contributed by atoms with van der Waals surface area (Å²) in [4.78, 5) is 11.1. The van der Waals surface area contributed by atoms with Crippen LogP contribution in [-0.2, 0) is 0 Å². The number of halogens is 2. The van der Waals surface area contributed by atoms with Crippen LogP contribution in [0.4, 0.5) is 8.78 Å². The largest absolute Gasteiger partial charge is 0.493 e. The van der Waals surface area contributed by atoms with Gasteiger partial charge in [-0.25, -0.2) is 8.78 Å². The normalized spacial score (nSPS) is 15.3. The fourth-order valence-electron chi connectivity index (χ4n) is 3.40. The summed E-state index contributed by atoms with van der Waals surface area (Å²) in [5.74, 6) is -0.388. The maximum Gasteiger partial charge on any atom is 0.291 e. The molecule has 1 atom stereocenters. The van der Waals surface area contributed by atoms with Gasteiger partial charge in [-0.15, -0.1) is 0 Å². The monoisotopic (exact) mass is 399 g/mol. The van der Waals surface area contributed by atoms with Crippen LogP contribution in [0, 0.1) is 21.7 Å². The summed E-state index contributed by atoms with van der Waals surface area (Å²) in [5, 5.41) is 13.1. The number of hydrogen-bond donors (Lipinski definition) is 0. The van der Waals surface area contributed by atoms with Crippen molar-refractivity contribution in [2.45, 2.75) is 6.10 Å². The van der Waals surface area contributed by atoms with Gasteiger partial charge in [0.05, 0.1) is 19.1 Å². The van der Waals surface area contributed by atoms with Gasteiger partial charge in [-0.3, -0.25) is 10.1 Å². The van der Waals surface area contributed by atoms with Crippen molar-refractivity contribution in [2.75, 3.05) is 14.2 Å². The number of benzene rings is 3. The highest BCUT2D eigenvalue weighted by Gasteiger charge is 2.35. The van der Waals surface area contributed by atoms with Crippen molar-refractivity contribution in [2.24, 2.45) is 0 Å². The van der Waals surface area contributed by atoms with Gasteiger partial charge in [-0.1, -0.05) is 6.07 Å². The maximum absolute atomic E-state index is 14.3. The topological polar surface area (TPSA) is 70.8 Å². The standard InChI is InChI=1S/C21H15F2NO5/c1-27-19-7-11-3-6-18-15(14(11)10-20(19)28-2)9-17(24(25)26)21(29-18)13-5-4-12(22)8-16(13)23/h3-10,21H,1-2H3. The number of nitrogens with zero attached hydrogens (tertiary/aromatic N) is 1. The van der Waals surface area contributed by atoms with Crippen LogP contribution in [0.3, 0.4) is 0 Å². The van der Waals surface area contributed by atoms with E-state index in [1.165, 1.54) is 20.3 Å². The molecule has 4 rings (SSSR count). The Kier molecular flexibility index (Phi) is 4.54. The van der Waals surface area contributed by atoms with Gasteiger partial charge in [0.1, 0.15) is 17.4 Å². The molecule has 0 bridgehead atoms. The molecule has 0 radical (unpaired) electrons. The molecule has 3 aromatic rings. The Balaban J connectivity index is 1.92. The van der Waals surface area contributed by atoms with Crippen LogP contribution in [0.5, 0.6) is 17.2 Å². The van der Waals surface area contributed by atoms with Crippen molar-refractivity contribution in [1.82, 2.24) is 0 Å². The summed E-state index contributed by atoms with van der Waals surface area (Å²) < 4.78 is 44.0. The van der Waals surface area contributed by atoms with Crippen molar-refractivity contribution in [3.8, 4) is 17.2 Å². The Hall–Kier alpha value is -3.68. The molecule has 0 saturated heterocycles. The number of rotatable bonds is 4. The third-order valence-electron chi connectivity index (χ3n) is 4.79. The van der Waals surface area contributed by atoms with E-state index >= 15 is 0 Å². The number of hydrogen-bond acceptors (Lipinski definition) is 5. The molecular weight excluding hydrogens is 384 g/mol. The first-order valence-electron chi connectivity index (χ1n) is 8.59. The lowest BCUT2D eigenvalue weighted by molar-refractivity contribution is -0.434. The minimum absolute atomic E-state index is 0.118. The fraction of sp³-hybridized carbons (Fsp3) is 0.143. The molecule has 1 heterocycles. The average molecular weight is 399 g/mol. The van der Waals surface area contributed by atoms with E-state index in [9.17, 15) is 18.9 Å². The van der Waals surface area contributed by atoms with Crippen LogP contribution in [-0.4, -0.2) is 19.1 Å². The predicted octanol–water partition coefficient (Wildman–Crippen LogP) is 4.89. The lowest BCUT2D eigenvalue weighted by Gasteiger charge is -2.24. The van der Waals surface area contributed by atoms with Crippen molar-refractivity contribution in [3.05, 3.63) is 81.0 Å². The van der Waals surface area contributed by atoms with E-state index in [0.29, 0.717) is 34.3 Å². The second-order valence-corrected chi connectivity index (χ2v) is 6.40. The third kappa shape index (κ3) is 3.12. The molecule has 8 heteroatoms. The minimum Gasteiger partial charge on any atom is -0.493 e. The highest BCUT2D eigenvalue weighted by molar-refractivity contribution is 5.96. The Labute approximate surface area is 164 Å². The summed E-state index contributed by atoms with van der Waals surface area (Å²) in [6, 6.07) is 9.70. The van der Waals surface area contributed by atoms with Crippen LogP contribution < -0.4 is 14.2 Å². The lowest BCUT2D eigenvalue weighted by atomic mass is 9.96. The molecule has 29 heavy (non-hydrogen) atoms. The Morgan fingerprint density at radius 2 is 1.76 bits per heavy atom. The van der Waals surface area contributed by atoms with E-state index in [-0.39, 0.29) is 11.3 Å². The molecule has 0 amide bonds. The molecular formula is C21H15F2NO5. The number of ether oxygens (including phenoxy) is 3. The molecule has 0 N–H and O–H groups in total. The van der Waals surface area contributed by atoms with Crippen molar-refractivity contribution in [3.63, 3.8) is 0 Å². The van der Waals surface area contributed by atoms with Crippen molar-refractivity contribution in [1.29, 1.82) is 0 Å². The van der Waals surface area contributed by atoms with E-state index < -0.39 is 22.7 Å². The van der Waals surface area contributed by atoms with Crippen LogP contribution in [0.15, 0.2) is 48.2 Å². The maximum atomic E-state index is 14.3. The molecule has 1 aliphatic rings. The van der Waals surface area contributed by atoms with Crippen LogP contribution >= 0.6 is 0 Å². The molecule has 0 saturated carbocycles. The molecule has 148 valence electrons. The van der Waals surface area contributed by atoms with E-state index in [0.717, 1.165) is 17.5 Å². The fourth-order valence-corrected chi connectivity index (χ4v) is 3.40. The first-order valence-corrected chi connectivity index (χ1v) is 8.59. The molecule has 0 aliphatic carbocycles. The van der Waals surface area contributed by atoms with E-state index in [1.54, 1.807) is 24.3 Å². The van der Waals surface area contributed by atoms with Gasteiger partial charge >= 0.3 is 0 Å². The summed E-state index contributed by atoms with van der Waals surface area (Å²) >= 11 is 0. The molecule has 1 aliphatic heterocycles. The summed E-state index contributed by atoms with van der Waals surface area (Å²) in [6.07, 6.45) is 0.0382. The van der Waals surface area contributed by atoms with Gasteiger partial charge in [-0.2, -0.15) is 0 Å². The molecule has 0 aromatic heterocycles. The smallest absolute Gasteiger partial charge is 0.291 e. The Bertz CT molecular complexity index is 1180. The van der Waals surface area contributed by atoms with Gasteiger partial charge in [0.2, 0.25) is 6.10 Å². The molecule has 3 aromatic carbocycles. The summed E-state index contributed by atoms with van der Waals surface area (Å²) in [6.45, 7) is 0. The lowest BCUT2D eigenvalue weighted by Crippen LogP contribution is -2.21. The van der Waals surface area contributed by atoms with E-state index in [2.05, 4.69) is 0 Å². The number of nitro groups is 1. The second-order valence-electron chi connectivity index (χ2n) is 6.40. The van der Waals surface area contributed by atoms with Gasteiger partial charge < -0.3 is 14.2 Å². The zero-order valence-corrected chi connectivity index (χ0v) is 15.4. The zero-order valence-electron chi connectivity index (χ0n) is 15.4. The van der Waals surface area contributed by atoms with Gasteiger partial charge in [0.25, 0.3) is 5.70 Å². The minimum atomic E-state index is -1.31. The van der Waals surface area contributed by atoms with Crippen molar-refractivity contribution >= 4 is 16.8 Å². The SMILES string of the molecule is COc1cc2ccc3c(c2cc1OC)C=C([N+](=O)[O-])C(c1ccc(F)cc1F)O3. The predicted molar refractivity (Wildman–Crippen MR) is 102 cm³/mol. The van der Waals surface area contributed by atoms with E-state index in [1.807, 2.05) is 0 Å². The van der Waals surface area contributed by atoms with Crippen LogP contribution in [0.2, 0.25) is 0 Å². The highest BCUT2D eigenvalue weighted by Crippen LogP contribution is 2.43. The molecule has 0 spiro atoms. The van der Waals surface area contributed by atoms with Gasteiger partial charge in [-0.05, 0) is 41.1 Å². The summed E-state index contributed by atoms with van der Waals surface area (Å²) in [7, 11) is 3.00. The number of methoxy groups -OCH3 is 2. The number of fused-ring (bicyclic) bond motifs is 3. The third-order valence-corrected chi connectivity index (χ3v) is 4.79. The van der Waals surface area contributed by atoms with Gasteiger partial charge in [0.15, 0.2) is 11.5 Å². The highest BCUT2D eigenvalue weighted by atomic mass is 19.1. The second kappa shape index (κ2) is 7.05. The first-order chi connectivity index (χ1) is 13.9. The van der Waals surface area contributed by atoms with Crippen LogP contribution in [0.1, 0.15) is 17.2 Å². The molecule has 1 unspecified atom stereocenters. The quantitative estimate of drug-likeness (QED) is 0.462. The molecule has 6 nitrogen and oxygen atoms in total. The summed E-state index contributed by atoms with van der Waals surface area (Å²) in [5.41, 5.74) is -0.00776. The Morgan fingerprint density at radius 1 is 1.03 bits per heavy atom. The molecule has 0 fully saturated rings. The van der Waals surface area contributed by atoms with Gasteiger partial charge in [0, 0.05) is 23.3 Å². The Morgan fingerprint density at radius 3 is 2.41 bits per heavy atom. The van der Waals surface area contributed by atoms with Crippen molar-refractivity contribution < 1.29 is 27.9 Å². The first kappa shape index (κ1) is 18.7. The zero-order chi connectivity index (χ0) is 20.7. The average Bonchev–Trinajstić information content (AvgIpc) is 2.71. The van der Waals surface area contributed by atoms with Crippen LogP contribution in [0.25, 0.3) is 16.8 Å².